The number of ketones is 2. The van der Waals surface area contributed by atoms with E-state index < -0.39 is 0 Å². The quantitative estimate of drug-likeness (QED) is 0.113. The monoisotopic (exact) mass is 772 g/mol. The Morgan fingerprint density at radius 3 is 1.24 bits per heavy atom. The highest BCUT2D eigenvalue weighted by Crippen LogP contribution is 2.44. The van der Waals surface area contributed by atoms with Crippen molar-refractivity contribution in [2.45, 2.75) is 92.6 Å². The van der Waals surface area contributed by atoms with Gasteiger partial charge in [-0.1, -0.05) is 135 Å². The van der Waals surface area contributed by atoms with Gasteiger partial charge in [0, 0.05) is 0 Å². The minimum Gasteiger partial charge on any atom is -0.468 e. The van der Waals surface area contributed by atoms with Crippen LogP contribution >= 0.6 is 23.5 Å². The molecule has 0 heterocycles. The first kappa shape index (κ1) is 46.3. The number of ether oxygens (including phenoxy) is 2. The SMILES string of the molecule is COC(=O)CSC1CC(C)(C)C(/C=C/C(C)=C/C=C/C(C)=C/C=C/C=C(C)/C=C/C=C(C)/C=C/C2=C(C)C(=O)C(SCC(=O)OC)CC2(C)C)=C(C)C1=O. The van der Waals surface area contributed by atoms with E-state index in [2.05, 4.69) is 102 Å². The second-order valence-electron chi connectivity index (χ2n) is 15.1. The summed E-state index contributed by atoms with van der Waals surface area (Å²) in [6.07, 6.45) is 30.0. The van der Waals surface area contributed by atoms with Gasteiger partial charge in [0.25, 0.3) is 0 Å². The van der Waals surface area contributed by atoms with Gasteiger partial charge in [0.15, 0.2) is 11.6 Å². The Morgan fingerprint density at radius 2 is 0.907 bits per heavy atom. The summed E-state index contributed by atoms with van der Waals surface area (Å²) in [6, 6.07) is 0. The van der Waals surface area contributed by atoms with Gasteiger partial charge in [-0.3, -0.25) is 19.2 Å². The first-order valence-corrected chi connectivity index (χ1v) is 20.4. The van der Waals surface area contributed by atoms with Gasteiger partial charge in [-0.2, -0.15) is 0 Å². The molecule has 0 saturated heterocycles. The molecule has 0 fully saturated rings. The number of carbonyl (C=O) groups excluding carboxylic acids is 4. The zero-order chi connectivity index (χ0) is 40.6. The Bertz CT molecular complexity index is 1640. The minimum atomic E-state index is -0.312. The molecule has 0 aromatic carbocycles. The van der Waals surface area contributed by atoms with Gasteiger partial charge < -0.3 is 9.47 Å². The van der Waals surface area contributed by atoms with Crippen molar-refractivity contribution in [3.05, 3.63) is 130 Å². The van der Waals surface area contributed by atoms with Crippen LogP contribution in [0.15, 0.2) is 130 Å². The van der Waals surface area contributed by atoms with E-state index in [1.807, 2.05) is 52.0 Å². The fourth-order valence-corrected chi connectivity index (χ4v) is 8.93. The Hall–Kier alpha value is -3.88. The van der Waals surface area contributed by atoms with E-state index >= 15 is 0 Å². The molecule has 2 atom stereocenters. The van der Waals surface area contributed by atoms with E-state index in [1.54, 1.807) is 0 Å². The number of esters is 2. The van der Waals surface area contributed by atoms with E-state index in [9.17, 15) is 19.2 Å². The van der Waals surface area contributed by atoms with Gasteiger partial charge in [0.2, 0.25) is 0 Å². The Morgan fingerprint density at radius 1 is 0.593 bits per heavy atom. The summed E-state index contributed by atoms with van der Waals surface area (Å²) in [6.45, 7) is 20.6. The van der Waals surface area contributed by atoms with E-state index in [0.717, 1.165) is 44.6 Å². The topological polar surface area (TPSA) is 86.7 Å². The molecule has 0 aromatic heterocycles. The highest BCUT2D eigenvalue weighted by atomic mass is 32.2. The number of rotatable bonds is 16. The predicted molar refractivity (Wildman–Crippen MR) is 229 cm³/mol. The van der Waals surface area contributed by atoms with Crippen LogP contribution in [0.2, 0.25) is 0 Å². The smallest absolute Gasteiger partial charge is 0.315 e. The molecule has 0 bridgehead atoms. The van der Waals surface area contributed by atoms with Crippen molar-refractivity contribution in [2.75, 3.05) is 25.7 Å². The maximum absolute atomic E-state index is 13.0. The number of methoxy groups -OCH3 is 2. The average Bonchev–Trinajstić information content (AvgIpc) is 3.11. The summed E-state index contributed by atoms with van der Waals surface area (Å²) in [5.74, 6) is -0.0847. The molecule has 0 radical (unpaired) electrons. The first-order chi connectivity index (χ1) is 25.3. The number of hydrogen-bond acceptors (Lipinski definition) is 8. The number of hydrogen-bond donors (Lipinski definition) is 0. The van der Waals surface area contributed by atoms with Crippen LogP contribution < -0.4 is 0 Å². The highest BCUT2D eigenvalue weighted by Gasteiger charge is 2.39. The fourth-order valence-electron chi connectivity index (χ4n) is 6.29. The summed E-state index contributed by atoms with van der Waals surface area (Å²) >= 11 is 2.73. The summed E-state index contributed by atoms with van der Waals surface area (Å²) in [5.41, 5.74) is 7.60. The molecule has 0 N–H and O–H groups in total. The van der Waals surface area contributed by atoms with Crippen molar-refractivity contribution in [3.8, 4) is 0 Å². The van der Waals surface area contributed by atoms with Crippen LogP contribution in [0.25, 0.3) is 0 Å². The molecule has 6 nitrogen and oxygen atoms in total. The van der Waals surface area contributed by atoms with Crippen LogP contribution in [0.3, 0.4) is 0 Å². The van der Waals surface area contributed by atoms with Crippen molar-refractivity contribution in [1.29, 1.82) is 0 Å². The Kier molecular flexibility index (Phi) is 18.7. The van der Waals surface area contributed by atoms with Crippen molar-refractivity contribution in [1.82, 2.24) is 0 Å². The molecule has 0 spiro atoms. The third-order valence-corrected chi connectivity index (χ3v) is 11.9. The third kappa shape index (κ3) is 14.7. The molecule has 8 heteroatoms. The average molecular weight is 773 g/mol. The lowest BCUT2D eigenvalue weighted by molar-refractivity contribution is -0.138. The number of carbonyl (C=O) groups is 4. The molecular formula is C46H60O6S2. The van der Waals surface area contributed by atoms with Gasteiger partial charge in [-0.05, 0) is 87.5 Å². The first-order valence-electron chi connectivity index (χ1n) is 18.3. The second-order valence-corrected chi connectivity index (χ2v) is 17.5. The standard InChI is InChI=1S/C46H60O6S2/c1-31(19-15-21-33(3)23-25-37-35(5)43(49)39(27-45(37,7)8)53-29-41(47)51-11)17-13-14-18-32(2)20-16-22-34(4)24-26-38-36(6)44(50)40(28-46(38,9)10)54-30-42(48)52-12/h13-26,39-40H,27-30H2,1-12H3/b14-13+,19-15+,20-16+,25-23+,26-24+,31-17+,32-18+,33-21+,34-22+. The molecule has 2 aliphatic rings. The molecule has 2 aliphatic carbocycles. The second kappa shape index (κ2) is 21.9. The van der Waals surface area contributed by atoms with Crippen LogP contribution in [0.4, 0.5) is 0 Å². The molecule has 292 valence electrons. The lowest BCUT2D eigenvalue weighted by Gasteiger charge is -2.36. The van der Waals surface area contributed by atoms with Gasteiger partial charge in [0.05, 0.1) is 36.2 Å². The predicted octanol–water partition coefficient (Wildman–Crippen LogP) is 10.7. The number of allylic oxidation sites excluding steroid dienone is 22. The maximum Gasteiger partial charge on any atom is 0.315 e. The fraction of sp³-hybridized carbons (Fsp3) is 0.435. The number of Topliss-reactive ketones (excluding diaryl/α,β-unsaturated/α-hetero) is 2. The zero-order valence-electron chi connectivity index (χ0n) is 34.3. The van der Waals surface area contributed by atoms with Crippen LogP contribution in [0.5, 0.6) is 0 Å². The molecule has 0 saturated carbocycles. The lowest BCUT2D eigenvalue weighted by atomic mass is 9.72. The van der Waals surface area contributed by atoms with Crippen LogP contribution in [0, 0.1) is 10.8 Å². The van der Waals surface area contributed by atoms with E-state index in [4.69, 9.17) is 9.47 Å². The van der Waals surface area contributed by atoms with Crippen molar-refractivity contribution in [2.24, 2.45) is 10.8 Å². The summed E-state index contributed by atoms with van der Waals surface area (Å²) in [4.78, 5) is 49.3. The Balaban J connectivity index is 1.97. The molecule has 2 rings (SSSR count). The van der Waals surface area contributed by atoms with Gasteiger partial charge in [0.1, 0.15) is 0 Å². The number of thioether (sulfide) groups is 2. The zero-order valence-corrected chi connectivity index (χ0v) is 36.0. The van der Waals surface area contributed by atoms with Gasteiger partial charge >= 0.3 is 11.9 Å². The highest BCUT2D eigenvalue weighted by molar-refractivity contribution is 8.01. The Labute approximate surface area is 333 Å². The van der Waals surface area contributed by atoms with E-state index in [1.165, 1.54) is 37.7 Å². The van der Waals surface area contributed by atoms with Crippen molar-refractivity contribution >= 4 is 47.0 Å². The molecular weight excluding hydrogens is 713 g/mol. The largest absolute Gasteiger partial charge is 0.468 e. The molecule has 54 heavy (non-hydrogen) atoms. The van der Waals surface area contributed by atoms with Crippen LogP contribution in [0.1, 0.15) is 82.1 Å². The lowest BCUT2D eigenvalue weighted by Crippen LogP contribution is -2.34. The van der Waals surface area contributed by atoms with Crippen molar-refractivity contribution in [3.63, 3.8) is 0 Å². The van der Waals surface area contributed by atoms with Crippen LogP contribution in [-0.2, 0) is 28.7 Å². The molecule has 2 unspecified atom stereocenters. The molecule has 0 aliphatic heterocycles. The maximum atomic E-state index is 13.0. The third-order valence-electron chi connectivity index (χ3n) is 9.53. The van der Waals surface area contributed by atoms with Gasteiger partial charge in [-0.15, -0.1) is 23.5 Å². The van der Waals surface area contributed by atoms with E-state index in [-0.39, 0.29) is 56.3 Å². The molecule has 0 amide bonds. The van der Waals surface area contributed by atoms with Crippen molar-refractivity contribution < 1.29 is 28.7 Å². The van der Waals surface area contributed by atoms with Gasteiger partial charge in [-0.25, -0.2) is 0 Å². The summed E-state index contributed by atoms with van der Waals surface area (Å²) in [5, 5.41) is -0.481. The van der Waals surface area contributed by atoms with E-state index in [0.29, 0.717) is 12.8 Å². The summed E-state index contributed by atoms with van der Waals surface area (Å²) in [7, 11) is 2.73. The summed E-state index contributed by atoms with van der Waals surface area (Å²) < 4.78 is 9.48. The van der Waals surface area contributed by atoms with Crippen LogP contribution in [-0.4, -0.2) is 59.7 Å². The molecule has 0 aromatic rings. The normalized spacial score (nSPS) is 21.9. The minimum absolute atomic E-state index is 0.0902.